The molecule has 0 aromatic carbocycles. The van der Waals surface area contributed by atoms with Gasteiger partial charge >= 0.3 is 0 Å². The monoisotopic (exact) mass is 210 g/mol. The van der Waals surface area contributed by atoms with Crippen molar-refractivity contribution in [2.24, 2.45) is 0 Å². The normalized spacial score (nSPS) is 10.3. The van der Waals surface area contributed by atoms with E-state index in [1.165, 1.54) is 0 Å². The maximum atomic E-state index is 11.3. The van der Waals surface area contributed by atoms with Crippen molar-refractivity contribution in [1.82, 2.24) is 20.3 Å². The molecular weight excluding hydrogens is 192 g/mol. The van der Waals surface area contributed by atoms with Crippen molar-refractivity contribution in [3.8, 4) is 0 Å². The van der Waals surface area contributed by atoms with Crippen LogP contribution in [0.3, 0.4) is 0 Å². The van der Waals surface area contributed by atoms with Gasteiger partial charge in [-0.15, -0.1) is 5.10 Å². The molecule has 0 aliphatic rings. The van der Waals surface area contributed by atoms with E-state index in [0.717, 1.165) is 25.2 Å². The van der Waals surface area contributed by atoms with Gasteiger partial charge < -0.3 is 5.32 Å². The Labute approximate surface area is 89.9 Å². The molecule has 1 aromatic heterocycles. The number of hydrogen-bond acceptors (Lipinski definition) is 3. The lowest BCUT2D eigenvalue weighted by molar-refractivity contribution is -0.121. The number of carbonyl (C=O) groups excluding carboxylic acids is 1. The summed E-state index contributed by atoms with van der Waals surface area (Å²) < 4.78 is 1.76. The van der Waals surface area contributed by atoms with Gasteiger partial charge in [-0.2, -0.15) is 0 Å². The van der Waals surface area contributed by atoms with Crippen LogP contribution in [0, 0.1) is 0 Å². The molecule has 5 nitrogen and oxygen atoms in total. The zero-order chi connectivity index (χ0) is 11.1. The Morgan fingerprint density at radius 2 is 2.33 bits per heavy atom. The predicted molar refractivity (Wildman–Crippen MR) is 57.3 cm³/mol. The molecule has 0 fully saturated rings. The lowest BCUT2D eigenvalue weighted by Gasteiger charge is -2.00. The fourth-order valence-corrected chi connectivity index (χ4v) is 1.20. The molecule has 1 heterocycles. The topological polar surface area (TPSA) is 59.8 Å². The van der Waals surface area contributed by atoms with Crippen LogP contribution in [0.2, 0.25) is 0 Å². The van der Waals surface area contributed by atoms with Crippen molar-refractivity contribution < 1.29 is 4.79 Å². The maximum Gasteiger partial charge on any atom is 0.220 e. The molecule has 5 heteroatoms. The number of nitrogens with one attached hydrogen (secondary N) is 1. The molecule has 1 rings (SSSR count). The molecule has 0 atom stereocenters. The SMILES string of the molecule is CCCNC(=O)CCc1cn(CC)nn1. The van der Waals surface area contributed by atoms with Crippen LogP contribution in [-0.2, 0) is 17.8 Å². The Morgan fingerprint density at radius 1 is 1.53 bits per heavy atom. The Morgan fingerprint density at radius 3 is 2.93 bits per heavy atom. The average Bonchev–Trinajstić information content (AvgIpc) is 2.71. The van der Waals surface area contributed by atoms with Gasteiger partial charge in [-0.3, -0.25) is 9.48 Å². The molecule has 1 aromatic rings. The third-order valence-electron chi connectivity index (χ3n) is 2.09. The van der Waals surface area contributed by atoms with Crippen molar-refractivity contribution in [2.45, 2.75) is 39.7 Å². The minimum Gasteiger partial charge on any atom is -0.356 e. The van der Waals surface area contributed by atoms with Crippen LogP contribution in [0.1, 0.15) is 32.4 Å². The van der Waals surface area contributed by atoms with E-state index in [2.05, 4.69) is 15.6 Å². The molecule has 0 saturated heterocycles. The number of aryl methyl sites for hydroxylation is 2. The summed E-state index contributed by atoms with van der Waals surface area (Å²) in [5, 5.41) is 10.7. The summed E-state index contributed by atoms with van der Waals surface area (Å²) in [5.74, 6) is 0.0860. The van der Waals surface area contributed by atoms with Crippen LogP contribution in [0.15, 0.2) is 6.20 Å². The van der Waals surface area contributed by atoms with Crippen LogP contribution in [-0.4, -0.2) is 27.4 Å². The van der Waals surface area contributed by atoms with Gasteiger partial charge in [-0.1, -0.05) is 12.1 Å². The van der Waals surface area contributed by atoms with Crippen LogP contribution in [0.5, 0.6) is 0 Å². The van der Waals surface area contributed by atoms with E-state index in [1.54, 1.807) is 4.68 Å². The first-order valence-electron chi connectivity index (χ1n) is 5.42. The highest BCUT2D eigenvalue weighted by molar-refractivity contribution is 5.75. The largest absolute Gasteiger partial charge is 0.356 e. The minimum atomic E-state index is 0.0860. The van der Waals surface area contributed by atoms with Gasteiger partial charge in [-0.25, -0.2) is 0 Å². The van der Waals surface area contributed by atoms with Gasteiger partial charge in [0, 0.05) is 32.1 Å². The third-order valence-corrected chi connectivity index (χ3v) is 2.09. The zero-order valence-corrected chi connectivity index (χ0v) is 9.36. The Kier molecular flexibility index (Phi) is 4.80. The highest BCUT2D eigenvalue weighted by atomic mass is 16.1. The van der Waals surface area contributed by atoms with Crippen molar-refractivity contribution in [3.05, 3.63) is 11.9 Å². The van der Waals surface area contributed by atoms with Crippen molar-refractivity contribution in [2.75, 3.05) is 6.54 Å². The van der Waals surface area contributed by atoms with Crippen LogP contribution < -0.4 is 5.32 Å². The van der Waals surface area contributed by atoms with Crippen molar-refractivity contribution >= 4 is 5.91 Å². The average molecular weight is 210 g/mol. The summed E-state index contributed by atoms with van der Waals surface area (Å²) in [6.07, 6.45) is 4.00. The van der Waals surface area contributed by atoms with Gasteiger partial charge in [0.2, 0.25) is 5.91 Å². The Balaban J connectivity index is 2.27. The number of carbonyl (C=O) groups is 1. The van der Waals surface area contributed by atoms with Crippen LogP contribution in [0.4, 0.5) is 0 Å². The first-order chi connectivity index (χ1) is 7.26. The molecule has 0 radical (unpaired) electrons. The van der Waals surface area contributed by atoms with E-state index < -0.39 is 0 Å². The first-order valence-corrected chi connectivity index (χ1v) is 5.42. The highest BCUT2D eigenvalue weighted by Gasteiger charge is 2.04. The second kappa shape index (κ2) is 6.16. The lowest BCUT2D eigenvalue weighted by Crippen LogP contribution is -2.24. The van der Waals surface area contributed by atoms with E-state index in [1.807, 2.05) is 20.0 Å². The minimum absolute atomic E-state index is 0.0860. The molecule has 0 unspecified atom stereocenters. The first kappa shape index (κ1) is 11.7. The standard InChI is InChI=1S/C10H18N4O/c1-3-7-11-10(15)6-5-9-8-14(4-2)13-12-9/h8H,3-7H2,1-2H3,(H,11,15). The summed E-state index contributed by atoms with van der Waals surface area (Å²) in [4.78, 5) is 11.3. The molecule has 15 heavy (non-hydrogen) atoms. The smallest absolute Gasteiger partial charge is 0.220 e. The van der Waals surface area contributed by atoms with E-state index >= 15 is 0 Å². The fourth-order valence-electron chi connectivity index (χ4n) is 1.20. The summed E-state index contributed by atoms with van der Waals surface area (Å²) in [5.41, 5.74) is 0.878. The Bertz CT molecular complexity index is 308. The summed E-state index contributed by atoms with van der Waals surface area (Å²) >= 11 is 0. The second-order valence-electron chi connectivity index (χ2n) is 3.42. The molecule has 0 aliphatic heterocycles. The number of amides is 1. The van der Waals surface area contributed by atoms with Gasteiger partial charge in [-0.05, 0) is 13.3 Å². The van der Waals surface area contributed by atoms with E-state index in [-0.39, 0.29) is 5.91 Å². The zero-order valence-electron chi connectivity index (χ0n) is 9.36. The molecule has 84 valence electrons. The number of nitrogens with zero attached hydrogens (tertiary/aromatic N) is 3. The molecule has 0 bridgehead atoms. The van der Waals surface area contributed by atoms with E-state index in [9.17, 15) is 4.79 Å². The fraction of sp³-hybridized carbons (Fsp3) is 0.700. The molecule has 0 saturated carbocycles. The molecule has 0 aliphatic carbocycles. The summed E-state index contributed by atoms with van der Waals surface area (Å²) in [6.45, 7) is 5.61. The van der Waals surface area contributed by atoms with Gasteiger partial charge in [0.05, 0.1) is 5.69 Å². The molecule has 1 amide bonds. The number of hydrogen-bond donors (Lipinski definition) is 1. The number of aromatic nitrogens is 3. The molecular formula is C10H18N4O. The van der Waals surface area contributed by atoms with Crippen LogP contribution in [0.25, 0.3) is 0 Å². The Hall–Kier alpha value is -1.39. The van der Waals surface area contributed by atoms with Crippen molar-refractivity contribution in [3.63, 3.8) is 0 Å². The second-order valence-corrected chi connectivity index (χ2v) is 3.42. The van der Waals surface area contributed by atoms with E-state index in [0.29, 0.717) is 12.8 Å². The van der Waals surface area contributed by atoms with Gasteiger partial charge in [0.15, 0.2) is 0 Å². The van der Waals surface area contributed by atoms with E-state index in [4.69, 9.17) is 0 Å². The van der Waals surface area contributed by atoms with Crippen molar-refractivity contribution in [1.29, 1.82) is 0 Å². The van der Waals surface area contributed by atoms with Gasteiger partial charge in [0.1, 0.15) is 0 Å². The maximum absolute atomic E-state index is 11.3. The summed E-state index contributed by atoms with van der Waals surface area (Å²) in [7, 11) is 0. The molecule has 1 N–H and O–H groups in total. The van der Waals surface area contributed by atoms with Crippen LogP contribution >= 0.6 is 0 Å². The quantitative estimate of drug-likeness (QED) is 0.754. The third kappa shape index (κ3) is 4.10. The predicted octanol–water partition coefficient (Wildman–Crippen LogP) is 0.757. The number of rotatable bonds is 6. The molecule has 0 spiro atoms. The summed E-state index contributed by atoms with van der Waals surface area (Å²) in [6, 6.07) is 0. The lowest BCUT2D eigenvalue weighted by atomic mass is 10.2. The van der Waals surface area contributed by atoms with Gasteiger partial charge in [0.25, 0.3) is 0 Å². The highest BCUT2D eigenvalue weighted by Crippen LogP contribution is 1.97.